The lowest BCUT2D eigenvalue weighted by Crippen LogP contribution is -2.43. The van der Waals surface area contributed by atoms with E-state index in [1.807, 2.05) is 0 Å². The second kappa shape index (κ2) is 7.38. The highest BCUT2D eigenvalue weighted by molar-refractivity contribution is 4.74. The summed E-state index contributed by atoms with van der Waals surface area (Å²) in [4.78, 5) is 2.64. The third-order valence-corrected chi connectivity index (χ3v) is 4.46. The van der Waals surface area contributed by atoms with E-state index in [9.17, 15) is 0 Å². The molecule has 0 aromatic carbocycles. The standard InChI is InChI=1S/C15H30N2/c1-14(13-17-10-6-3-7-11-17)16-12-15-8-4-2-5-9-15/h14-16H,2-13H2,1H3. The van der Waals surface area contributed by atoms with Crippen molar-refractivity contribution in [3.8, 4) is 0 Å². The fourth-order valence-electron chi connectivity index (χ4n) is 3.35. The zero-order valence-corrected chi connectivity index (χ0v) is 11.6. The Morgan fingerprint density at radius 2 is 1.65 bits per heavy atom. The zero-order chi connectivity index (χ0) is 11.9. The van der Waals surface area contributed by atoms with Gasteiger partial charge in [-0.2, -0.15) is 0 Å². The van der Waals surface area contributed by atoms with E-state index in [0.29, 0.717) is 6.04 Å². The number of nitrogens with zero attached hydrogens (tertiary/aromatic N) is 1. The predicted octanol–water partition coefficient (Wildman–Crippen LogP) is 3.03. The van der Waals surface area contributed by atoms with Gasteiger partial charge >= 0.3 is 0 Å². The lowest BCUT2D eigenvalue weighted by Gasteiger charge is -2.30. The molecule has 2 heteroatoms. The Morgan fingerprint density at radius 3 is 2.35 bits per heavy atom. The molecule has 17 heavy (non-hydrogen) atoms. The molecule has 0 aromatic heterocycles. The van der Waals surface area contributed by atoms with Crippen LogP contribution in [0.15, 0.2) is 0 Å². The second-order valence-corrected chi connectivity index (χ2v) is 6.17. The van der Waals surface area contributed by atoms with Gasteiger partial charge in [-0.15, -0.1) is 0 Å². The molecule has 2 nitrogen and oxygen atoms in total. The van der Waals surface area contributed by atoms with Gasteiger partial charge in [-0.05, 0) is 58.2 Å². The van der Waals surface area contributed by atoms with Crippen LogP contribution in [0.3, 0.4) is 0 Å². The lowest BCUT2D eigenvalue weighted by atomic mass is 9.89. The van der Waals surface area contributed by atoms with E-state index in [1.165, 1.54) is 77.5 Å². The van der Waals surface area contributed by atoms with Gasteiger partial charge in [0.1, 0.15) is 0 Å². The second-order valence-electron chi connectivity index (χ2n) is 6.17. The van der Waals surface area contributed by atoms with E-state index in [0.717, 1.165) is 5.92 Å². The van der Waals surface area contributed by atoms with Crippen molar-refractivity contribution in [3.05, 3.63) is 0 Å². The van der Waals surface area contributed by atoms with Crippen molar-refractivity contribution in [2.75, 3.05) is 26.2 Å². The van der Waals surface area contributed by atoms with Crippen LogP contribution in [0.25, 0.3) is 0 Å². The molecule has 0 radical (unpaired) electrons. The molecule has 1 aliphatic heterocycles. The van der Waals surface area contributed by atoms with Gasteiger partial charge in [-0.25, -0.2) is 0 Å². The Kier molecular flexibility index (Phi) is 5.79. The Labute approximate surface area is 107 Å². The first-order valence-corrected chi connectivity index (χ1v) is 7.80. The summed E-state index contributed by atoms with van der Waals surface area (Å²) in [5.41, 5.74) is 0. The maximum atomic E-state index is 3.76. The van der Waals surface area contributed by atoms with Crippen LogP contribution in [0.1, 0.15) is 58.3 Å². The summed E-state index contributed by atoms with van der Waals surface area (Å²) in [6.07, 6.45) is 11.6. The molecule has 1 aliphatic carbocycles. The highest BCUT2D eigenvalue weighted by Crippen LogP contribution is 2.22. The minimum Gasteiger partial charge on any atom is -0.313 e. The Balaban J connectivity index is 1.57. The van der Waals surface area contributed by atoms with E-state index in [2.05, 4.69) is 17.1 Å². The molecular weight excluding hydrogens is 208 g/mol. The Bertz CT molecular complexity index is 193. The minimum atomic E-state index is 0.676. The van der Waals surface area contributed by atoms with Crippen LogP contribution in [-0.4, -0.2) is 37.1 Å². The number of piperidine rings is 1. The van der Waals surface area contributed by atoms with Crippen LogP contribution < -0.4 is 5.32 Å². The number of rotatable bonds is 5. The molecule has 0 amide bonds. The van der Waals surface area contributed by atoms with Crippen molar-refractivity contribution >= 4 is 0 Å². The maximum Gasteiger partial charge on any atom is 0.0166 e. The molecule has 1 N–H and O–H groups in total. The summed E-state index contributed by atoms with van der Waals surface area (Å²) in [6, 6.07) is 0.676. The molecule has 1 heterocycles. The average molecular weight is 238 g/mol. The molecule has 1 atom stereocenters. The van der Waals surface area contributed by atoms with Gasteiger partial charge in [0.15, 0.2) is 0 Å². The molecule has 2 rings (SSSR count). The van der Waals surface area contributed by atoms with E-state index >= 15 is 0 Å². The molecule has 0 spiro atoms. The fraction of sp³-hybridized carbons (Fsp3) is 1.00. The topological polar surface area (TPSA) is 15.3 Å². The number of likely N-dealkylation sites (tertiary alicyclic amines) is 1. The van der Waals surface area contributed by atoms with E-state index in [-0.39, 0.29) is 0 Å². The average Bonchev–Trinajstić information content (AvgIpc) is 2.39. The van der Waals surface area contributed by atoms with Crippen LogP contribution in [0.5, 0.6) is 0 Å². The summed E-state index contributed by atoms with van der Waals surface area (Å²) >= 11 is 0. The van der Waals surface area contributed by atoms with Gasteiger partial charge < -0.3 is 10.2 Å². The van der Waals surface area contributed by atoms with Crippen molar-refractivity contribution in [2.24, 2.45) is 5.92 Å². The third-order valence-electron chi connectivity index (χ3n) is 4.46. The summed E-state index contributed by atoms with van der Waals surface area (Å²) in [7, 11) is 0. The first kappa shape index (κ1) is 13.4. The van der Waals surface area contributed by atoms with Crippen molar-refractivity contribution in [1.82, 2.24) is 10.2 Å². The zero-order valence-electron chi connectivity index (χ0n) is 11.6. The SMILES string of the molecule is CC(CN1CCCCC1)NCC1CCCCC1. The van der Waals surface area contributed by atoms with Crippen molar-refractivity contribution in [2.45, 2.75) is 64.3 Å². The van der Waals surface area contributed by atoms with E-state index in [1.54, 1.807) is 0 Å². The molecule has 2 aliphatic rings. The molecule has 1 saturated heterocycles. The summed E-state index contributed by atoms with van der Waals surface area (Å²) in [5.74, 6) is 0.965. The first-order valence-electron chi connectivity index (χ1n) is 7.80. The van der Waals surface area contributed by atoms with Gasteiger partial charge in [-0.3, -0.25) is 0 Å². The van der Waals surface area contributed by atoms with Crippen molar-refractivity contribution in [1.29, 1.82) is 0 Å². The van der Waals surface area contributed by atoms with Gasteiger partial charge in [0.05, 0.1) is 0 Å². The third kappa shape index (κ3) is 4.97. The van der Waals surface area contributed by atoms with Gasteiger partial charge in [0.2, 0.25) is 0 Å². The van der Waals surface area contributed by atoms with Crippen LogP contribution in [-0.2, 0) is 0 Å². The first-order chi connectivity index (χ1) is 8.34. The number of hydrogen-bond donors (Lipinski definition) is 1. The molecular formula is C15H30N2. The van der Waals surface area contributed by atoms with Crippen molar-refractivity contribution in [3.63, 3.8) is 0 Å². The maximum absolute atomic E-state index is 3.76. The van der Waals surface area contributed by atoms with Crippen LogP contribution >= 0.6 is 0 Å². The van der Waals surface area contributed by atoms with Gasteiger partial charge in [0, 0.05) is 12.6 Å². The van der Waals surface area contributed by atoms with Crippen LogP contribution in [0.4, 0.5) is 0 Å². The van der Waals surface area contributed by atoms with E-state index < -0.39 is 0 Å². The molecule has 2 fully saturated rings. The van der Waals surface area contributed by atoms with Gasteiger partial charge in [0.25, 0.3) is 0 Å². The van der Waals surface area contributed by atoms with Gasteiger partial charge in [-0.1, -0.05) is 25.7 Å². The number of nitrogens with one attached hydrogen (secondary N) is 1. The molecule has 1 saturated carbocycles. The normalized spacial score (nSPS) is 25.9. The molecule has 0 aromatic rings. The summed E-state index contributed by atoms with van der Waals surface area (Å²) < 4.78 is 0. The summed E-state index contributed by atoms with van der Waals surface area (Å²) in [5, 5.41) is 3.76. The highest BCUT2D eigenvalue weighted by atomic mass is 15.1. The summed E-state index contributed by atoms with van der Waals surface area (Å²) in [6.45, 7) is 7.53. The lowest BCUT2D eigenvalue weighted by molar-refractivity contribution is 0.204. The monoisotopic (exact) mass is 238 g/mol. The van der Waals surface area contributed by atoms with Crippen LogP contribution in [0, 0.1) is 5.92 Å². The highest BCUT2D eigenvalue weighted by Gasteiger charge is 2.16. The Morgan fingerprint density at radius 1 is 1.00 bits per heavy atom. The quantitative estimate of drug-likeness (QED) is 0.792. The number of hydrogen-bond acceptors (Lipinski definition) is 2. The molecule has 100 valence electrons. The molecule has 1 unspecified atom stereocenters. The molecule has 0 bridgehead atoms. The predicted molar refractivity (Wildman–Crippen MR) is 74.3 cm³/mol. The Hall–Kier alpha value is -0.0800. The van der Waals surface area contributed by atoms with Crippen LogP contribution in [0.2, 0.25) is 0 Å². The fourth-order valence-corrected chi connectivity index (χ4v) is 3.35. The smallest absolute Gasteiger partial charge is 0.0166 e. The van der Waals surface area contributed by atoms with Crippen molar-refractivity contribution < 1.29 is 0 Å². The van der Waals surface area contributed by atoms with E-state index in [4.69, 9.17) is 0 Å². The largest absolute Gasteiger partial charge is 0.313 e. The minimum absolute atomic E-state index is 0.676.